The normalized spacial score (nSPS) is 24.0. The van der Waals surface area contributed by atoms with Crippen LogP contribution in [0.15, 0.2) is 60.7 Å². The van der Waals surface area contributed by atoms with Crippen LogP contribution >= 0.6 is 0 Å². The molecule has 41 heavy (non-hydrogen) atoms. The van der Waals surface area contributed by atoms with Crippen LogP contribution in [0, 0.1) is 0 Å². The molecule has 0 aliphatic carbocycles. The van der Waals surface area contributed by atoms with E-state index in [9.17, 15) is 0 Å². The number of hydrogen-bond donors (Lipinski definition) is 0. The summed E-state index contributed by atoms with van der Waals surface area (Å²) >= 11 is 0. The van der Waals surface area contributed by atoms with Crippen LogP contribution in [-0.4, -0.2) is 70.9 Å². The zero-order chi connectivity index (χ0) is 27.2. The average Bonchev–Trinajstić information content (AvgIpc) is 3.82. The lowest BCUT2D eigenvalue weighted by Crippen LogP contribution is -2.32. The molecule has 0 saturated carbocycles. The van der Waals surface area contributed by atoms with Gasteiger partial charge in [0.15, 0.2) is 23.0 Å². The Morgan fingerprint density at radius 3 is 1.59 bits per heavy atom. The highest BCUT2D eigenvalue weighted by molar-refractivity contribution is 5.95. The zero-order valence-electron chi connectivity index (χ0n) is 22.4. The second kappa shape index (κ2) is 10.6. The Hall–Kier alpha value is -3.76. The van der Waals surface area contributed by atoms with Crippen LogP contribution in [0.25, 0.3) is 21.5 Å². The van der Waals surface area contributed by atoms with Crippen molar-refractivity contribution < 1.29 is 42.6 Å². The van der Waals surface area contributed by atoms with Crippen LogP contribution in [-0.2, 0) is 18.9 Å². The molecule has 0 radical (unpaired) electrons. The lowest BCUT2D eigenvalue weighted by Gasteiger charge is -2.28. The minimum atomic E-state index is -0.318. The van der Waals surface area contributed by atoms with Crippen molar-refractivity contribution in [1.82, 2.24) is 0 Å². The van der Waals surface area contributed by atoms with Gasteiger partial charge in [0.2, 0.25) is 6.29 Å². The maximum atomic E-state index is 6.87. The Kier molecular flexibility index (Phi) is 6.44. The van der Waals surface area contributed by atoms with Crippen molar-refractivity contribution >= 4 is 21.5 Å². The molecule has 4 saturated heterocycles. The minimum absolute atomic E-state index is 0.0918. The van der Waals surface area contributed by atoms with E-state index < -0.39 is 0 Å². The predicted molar refractivity (Wildman–Crippen MR) is 149 cm³/mol. The summed E-state index contributed by atoms with van der Waals surface area (Å²) in [5.74, 6) is 3.78. The van der Waals surface area contributed by atoms with Gasteiger partial charge in [-0.25, -0.2) is 0 Å². The Bertz CT molecular complexity index is 1570. The Morgan fingerprint density at radius 1 is 0.585 bits per heavy atom. The van der Waals surface area contributed by atoms with Gasteiger partial charge in [-0.15, -0.1) is 0 Å². The van der Waals surface area contributed by atoms with Crippen LogP contribution in [0.1, 0.15) is 6.42 Å². The largest absolute Gasteiger partial charge is 0.491 e. The van der Waals surface area contributed by atoms with Gasteiger partial charge in [-0.2, -0.15) is 0 Å². The molecule has 9 heteroatoms. The van der Waals surface area contributed by atoms with Gasteiger partial charge < -0.3 is 42.6 Å². The average molecular weight is 559 g/mol. The molecule has 0 spiro atoms. The second-order valence-corrected chi connectivity index (χ2v) is 10.7. The maximum absolute atomic E-state index is 6.87. The van der Waals surface area contributed by atoms with Gasteiger partial charge in [-0.3, -0.25) is 0 Å². The molecule has 4 unspecified atom stereocenters. The molecule has 0 amide bonds. The van der Waals surface area contributed by atoms with Gasteiger partial charge in [-0.05, 0) is 47.2 Å². The van der Waals surface area contributed by atoms with Crippen LogP contribution in [0.3, 0.4) is 0 Å². The summed E-state index contributed by atoms with van der Waals surface area (Å²) in [6.45, 7) is 4.29. The molecule has 9 nitrogen and oxygen atoms in total. The fourth-order valence-electron chi connectivity index (χ4n) is 4.70. The molecular formula is C32H30O9. The quantitative estimate of drug-likeness (QED) is 0.204. The van der Waals surface area contributed by atoms with Crippen LogP contribution in [0.4, 0.5) is 0 Å². The summed E-state index contributed by atoms with van der Waals surface area (Å²) in [6.07, 6.45) is 0.898. The summed E-state index contributed by atoms with van der Waals surface area (Å²) < 4.78 is 53.0. The first-order valence-corrected chi connectivity index (χ1v) is 14.1. The third kappa shape index (κ3) is 5.71. The van der Waals surface area contributed by atoms with Gasteiger partial charge in [0, 0.05) is 17.2 Å². The predicted octanol–water partition coefficient (Wildman–Crippen LogP) is 5.24. The molecule has 0 bridgehead atoms. The molecule has 4 heterocycles. The van der Waals surface area contributed by atoms with Crippen LogP contribution in [0.2, 0.25) is 0 Å². The zero-order valence-corrected chi connectivity index (χ0v) is 22.4. The van der Waals surface area contributed by atoms with E-state index in [4.69, 9.17) is 42.6 Å². The molecule has 4 aromatic rings. The molecule has 0 N–H and O–H groups in total. The van der Waals surface area contributed by atoms with Crippen molar-refractivity contribution in [3.63, 3.8) is 0 Å². The van der Waals surface area contributed by atoms with Gasteiger partial charge in [0.05, 0.1) is 26.4 Å². The Morgan fingerprint density at radius 2 is 1.07 bits per heavy atom. The van der Waals surface area contributed by atoms with Crippen molar-refractivity contribution in [3.05, 3.63) is 60.7 Å². The van der Waals surface area contributed by atoms with Crippen molar-refractivity contribution in [2.45, 2.75) is 31.0 Å². The summed E-state index contributed by atoms with van der Waals surface area (Å²) in [6, 6.07) is 19.8. The number of epoxide rings is 3. The molecular weight excluding hydrogens is 528 g/mol. The van der Waals surface area contributed by atoms with E-state index in [0.29, 0.717) is 56.0 Å². The van der Waals surface area contributed by atoms with E-state index in [1.165, 1.54) is 0 Å². The molecule has 4 fully saturated rings. The van der Waals surface area contributed by atoms with Crippen molar-refractivity contribution in [1.29, 1.82) is 0 Å². The first-order chi connectivity index (χ1) is 20.2. The topological polar surface area (TPSA) is 93.0 Å². The van der Waals surface area contributed by atoms with E-state index in [0.717, 1.165) is 52.7 Å². The monoisotopic (exact) mass is 558 g/mol. The van der Waals surface area contributed by atoms with Gasteiger partial charge in [0.25, 0.3) is 0 Å². The lowest BCUT2D eigenvalue weighted by atomic mass is 10.1. The molecule has 4 aliphatic rings. The third-order valence-corrected chi connectivity index (χ3v) is 7.44. The third-order valence-electron chi connectivity index (χ3n) is 7.44. The standard InChI is InChI=1S/C32H30O9/c1-5-21(34-13-23-15-36-23)11-26-19(1)3-7-28(39-18-25-17-38-25)31(26)41-32-27-12-22(35-14-24-16-37-24)6-2-20(27)4-8-29(32)40-30-9-10-33-30/h1-8,11-12,23-25,30H,9-10,13-18H2. The van der Waals surface area contributed by atoms with Crippen molar-refractivity contribution in [2.75, 3.05) is 46.2 Å². The van der Waals surface area contributed by atoms with Gasteiger partial charge in [-0.1, -0.05) is 24.3 Å². The van der Waals surface area contributed by atoms with Gasteiger partial charge in [0.1, 0.15) is 49.6 Å². The Balaban J connectivity index is 1.22. The highest BCUT2D eigenvalue weighted by Gasteiger charge is 2.28. The van der Waals surface area contributed by atoms with E-state index in [-0.39, 0.29) is 24.6 Å². The van der Waals surface area contributed by atoms with Crippen LogP contribution in [0.5, 0.6) is 34.5 Å². The van der Waals surface area contributed by atoms with Crippen LogP contribution < -0.4 is 23.7 Å². The number of ether oxygens (including phenoxy) is 9. The molecule has 4 atom stereocenters. The van der Waals surface area contributed by atoms with Crippen molar-refractivity contribution in [2.24, 2.45) is 0 Å². The lowest BCUT2D eigenvalue weighted by molar-refractivity contribution is -0.165. The fraction of sp³-hybridized carbons (Fsp3) is 0.375. The fourth-order valence-corrected chi connectivity index (χ4v) is 4.70. The number of hydrogen-bond acceptors (Lipinski definition) is 9. The summed E-state index contributed by atoms with van der Waals surface area (Å²) in [7, 11) is 0. The van der Waals surface area contributed by atoms with E-state index in [2.05, 4.69) is 0 Å². The SMILES string of the molecule is c1cc2ccc(OCC3CO3)c(Oc3c(OC4CCO4)ccc4ccc(OCC5CO5)cc34)c2cc1OCC1CO1. The molecule has 4 aliphatic heterocycles. The Labute approximate surface area is 236 Å². The smallest absolute Gasteiger partial charge is 0.202 e. The number of benzene rings is 4. The number of fused-ring (bicyclic) bond motifs is 2. The molecule has 8 rings (SSSR count). The number of rotatable bonds is 13. The second-order valence-electron chi connectivity index (χ2n) is 10.7. The van der Waals surface area contributed by atoms with E-state index >= 15 is 0 Å². The first-order valence-electron chi connectivity index (χ1n) is 14.1. The van der Waals surface area contributed by atoms with Crippen molar-refractivity contribution in [3.8, 4) is 34.5 Å². The molecule has 4 aromatic carbocycles. The van der Waals surface area contributed by atoms with Gasteiger partial charge >= 0.3 is 0 Å². The summed E-state index contributed by atoms with van der Waals surface area (Å²) in [4.78, 5) is 0. The first kappa shape index (κ1) is 25.0. The summed E-state index contributed by atoms with van der Waals surface area (Å²) in [5, 5.41) is 3.68. The van der Waals surface area contributed by atoms with E-state index in [1.807, 2.05) is 60.7 Å². The van der Waals surface area contributed by atoms with E-state index in [1.54, 1.807) is 0 Å². The summed E-state index contributed by atoms with van der Waals surface area (Å²) in [5.41, 5.74) is 0. The highest BCUT2D eigenvalue weighted by atomic mass is 16.7. The molecule has 212 valence electrons. The molecule has 0 aromatic heterocycles. The highest BCUT2D eigenvalue weighted by Crippen LogP contribution is 2.47. The maximum Gasteiger partial charge on any atom is 0.202 e. The minimum Gasteiger partial charge on any atom is -0.491 e.